The van der Waals surface area contributed by atoms with Crippen molar-refractivity contribution in [2.24, 2.45) is 0 Å². The summed E-state index contributed by atoms with van der Waals surface area (Å²) in [6, 6.07) is 10.8. The van der Waals surface area contributed by atoms with Crippen LogP contribution in [0.1, 0.15) is 16.5 Å². The molecule has 1 aromatic carbocycles. The number of fused-ring (bicyclic) bond motifs is 2. The first-order valence-electron chi connectivity index (χ1n) is 10.1. The average molecular weight is 483 g/mol. The molecule has 11 heteroatoms. The fraction of sp³-hybridized carbons (Fsp3) is 0.182. The molecule has 1 aliphatic rings. The molecule has 5 rings (SSSR count). The monoisotopic (exact) mass is 482 g/mol. The molecule has 33 heavy (non-hydrogen) atoms. The summed E-state index contributed by atoms with van der Waals surface area (Å²) < 4.78 is 7.92. The first kappa shape index (κ1) is 21.2. The lowest BCUT2D eigenvalue weighted by molar-refractivity contribution is -0.121. The summed E-state index contributed by atoms with van der Waals surface area (Å²) in [7, 11) is 0. The number of amides is 1. The van der Waals surface area contributed by atoms with Crippen LogP contribution in [0.4, 0.5) is 11.5 Å². The molecule has 168 valence electrons. The van der Waals surface area contributed by atoms with E-state index < -0.39 is 0 Å². The van der Waals surface area contributed by atoms with Crippen LogP contribution >= 0.6 is 22.9 Å². The van der Waals surface area contributed by atoms with Crippen LogP contribution in [0.25, 0.3) is 10.1 Å². The minimum atomic E-state index is -0.378. The van der Waals surface area contributed by atoms with Gasteiger partial charge in [0.25, 0.3) is 5.56 Å². The molecule has 1 aliphatic heterocycles. The highest BCUT2D eigenvalue weighted by Gasteiger charge is 2.25. The Balaban J connectivity index is 1.27. The van der Waals surface area contributed by atoms with Crippen molar-refractivity contribution >= 4 is 50.4 Å². The SMILES string of the molecule is Nc1cc2cc(CNC(=O)Cn3cnc4c(c3=O)N[C@H](c3ccc(Cl)cc3)CO4)sc2cn1. The number of carbonyl (C=O) groups excluding carboxylic acids is 1. The third kappa shape index (κ3) is 4.48. The maximum Gasteiger partial charge on any atom is 0.281 e. The van der Waals surface area contributed by atoms with Crippen LogP contribution in [-0.4, -0.2) is 27.0 Å². The summed E-state index contributed by atoms with van der Waals surface area (Å²) in [5.41, 5.74) is 6.50. The molecule has 0 saturated carbocycles. The lowest BCUT2D eigenvalue weighted by Gasteiger charge is -2.26. The van der Waals surface area contributed by atoms with Crippen LogP contribution in [0.2, 0.25) is 5.02 Å². The summed E-state index contributed by atoms with van der Waals surface area (Å²) >= 11 is 7.48. The number of anilines is 2. The van der Waals surface area contributed by atoms with Crippen molar-refractivity contribution in [1.82, 2.24) is 19.9 Å². The van der Waals surface area contributed by atoms with Crippen LogP contribution in [0.3, 0.4) is 0 Å². The first-order chi connectivity index (χ1) is 16.0. The molecule has 3 aromatic heterocycles. The second kappa shape index (κ2) is 8.72. The number of aromatic nitrogens is 3. The van der Waals surface area contributed by atoms with Gasteiger partial charge >= 0.3 is 0 Å². The number of nitrogen functional groups attached to an aromatic ring is 1. The van der Waals surface area contributed by atoms with Crippen molar-refractivity contribution in [3.63, 3.8) is 0 Å². The minimum Gasteiger partial charge on any atom is -0.473 e. The molecular formula is C22H19ClN6O3S. The molecule has 4 aromatic rings. The van der Waals surface area contributed by atoms with Gasteiger partial charge in [0.15, 0.2) is 5.69 Å². The second-order valence-electron chi connectivity index (χ2n) is 7.55. The van der Waals surface area contributed by atoms with Crippen molar-refractivity contribution < 1.29 is 9.53 Å². The molecule has 9 nitrogen and oxygen atoms in total. The summed E-state index contributed by atoms with van der Waals surface area (Å²) in [5.74, 6) is 0.367. The van der Waals surface area contributed by atoms with E-state index in [1.165, 1.54) is 22.2 Å². The van der Waals surface area contributed by atoms with Crippen LogP contribution in [0, 0.1) is 0 Å². The number of hydrogen-bond acceptors (Lipinski definition) is 8. The number of hydrogen-bond donors (Lipinski definition) is 3. The molecule has 1 atom stereocenters. The Labute approximate surface area is 197 Å². The maximum absolute atomic E-state index is 13.0. The molecule has 1 amide bonds. The Hall–Kier alpha value is -3.63. The van der Waals surface area contributed by atoms with Gasteiger partial charge in [-0.15, -0.1) is 11.3 Å². The molecular weight excluding hydrogens is 464 g/mol. The number of nitrogens with one attached hydrogen (secondary N) is 2. The predicted octanol–water partition coefficient (Wildman–Crippen LogP) is 2.95. The van der Waals surface area contributed by atoms with Gasteiger partial charge in [-0.25, -0.2) is 9.97 Å². The van der Waals surface area contributed by atoms with Crippen molar-refractivity contribution in [2.45, 2.75) is 19.1 Å². The Morgan fingerprint density at radius 2 is 2.12 bits per heavy atom. The summed E-state index contributed by atoms with van der Waals surface area (Å²) in [6.45, 7) is 0.499. The highest BCUT2D eigenvalue weighted by atomic mass is 35.5. The van der Waals surface area contributed by atoms with Gasteiger partial charge in [-0.3, -0.25) is 14.2 Å². The van der Waals surface area contributed by atoms with Gasteiger partial charge in [-0.05, 0) is 35.2 Å². The third-order valence-corrected chi connectivity index (χ3v) is 6.57. The Morgan fingerprint density at radius 1 is 1.30 bits per heavy atom. The van der Waals surface area contributed by atoms with E-state index in [9.17, 15) is 9.59 Å². The van der Waals surface area contributed by atoms with Crippen molar-refractivity contribution in [3.05, 3.63) is 74.7 Å². The quantitative estimate of drug-likeness (QED) is 0.399. The smallest absolute Gasteiger partial charge is 0.281 e. The van der Waals surface area contributed by atoms with E-state index in [1.54, 1.807) is 24.4 Å². The number of ether oxygens (including phenoxy) is 1. The number of thiophene rings is 1. The molecule has 0 aliphatic carbocycles. The molecule has 0 fully saturated rings. The van der Waals surface area contributed by atoms with E-state index in [1.807, 2.05) is 18.2 Å². The molecule has 0 unspecified atom stereocenters. The largest absolute Gasteiger partial charge is 0.473 e. The lowest BCUT2D eigenvalue weighted by Crippen LogP contribution is -2.36. The maximum atomic E-state index is 13.0. The van der Waals surface area contributed by atoms with Gasteiger partial charge in [0.1, 0.15) is 25.3 Å². The number of nitrogens with two attached hydrogens (primary N) is 1. The molecule has 0 radical (unpaired) electrons. The zero-order chi connectivity index (χ0) is 22.9. The van der Waals surface area contributed by atoms with E-state index in [-0.39, 0.29) is 35.6 Å². The van der Waals surface area contributed by atoms with Gasteiger partial charge in [0.2, 0.25) is 11.8 Å². The van der Waals surface area contributed by atoms with Crippen LogP contribution in [-0.2, 0) is 17.9 Å². The lowest BCUT2D eigenvalue weighted by atomic mass is 10.1. The Morgan fingerprint density at radius 3 is 2.94 bits per heavy atom. The van der Waals surface area contributed by atoms with Gasteiger partial charge in [-0.2, -0.15) is 0 Å². The van der Waals surface area contributed by atoms with E-state index in [2.05, 4.69) is 20.6 Å². The van der Waals surface area contributed by atoms with Crippen molar-refractivity contribution in [1.29, 1.82) is 0 Å². The fourth-order valence-corrected chi connectivity index (χ4v) is 4.65. The standard InChI is InChI=1S/C22H19ClN6O3S/c23-14-3-1-12(2-4-14)16-10-32-21-20(28-16)22(31)29(11-27-21)9-19(30)26-7-15-5-13-6-18(24)25-8-17(13)33-15/h1-6,8,11,16,28H,7,9-10H2,(H2,24,25)(H,26,30)/t16-/m0/s1. The minimum absolute atomic E-state index is 0.161. The molecule has 0 saturated heterocycles. The predicted molar refractivity (Wildman–Crippen MR) is 128 cm³/mol. The van der Waals surface area contributed by atoms with E-state index in [4.69, 9.17) is 22.1 Å². The molecule has 0 bridgehead atoms. The van der Waals surface area contributed by atoms with E-state index in [0.717, 1.165) is 20.5 Å². The van der Waals surface area contributed by atoms with E-state index >= 15 is 0 Å². The van der Waals surface area contributed by atoms with Crippen molar-refractivity contribution in [3.8, 4) is 5.88 Å². The molecule has 4 N–H and O–H groups in total. The number of halogens is 1. The van der Waals surface area contributed by atoms with Crippen LogP contribution in [0.5, 0.6) is 5.88 Å². The van der Waals surface area contributed by atoms with Gasteiger partial charge in [0, 0.05) is 16.1 Å². The van der Waals surface area contributed by atoms with Crippen molar-refractivity contribution in [2.75, 3.05) is 17.7 Å². The number of nitrogens with zero attached hydrogens (tertiary/aromatic N) is 3. The zero-order valence-electron chi connectivity index (χ0n) is 17.2. The second-order valence-corrected chi connectivity index (χ2v) is 9.16. The van der Waals surface area contributed by atoms with Gasteiger partial charge in [0.05, 0.1) is 17.3 Å². The summed E-state index contributed by atoms with van der Waals surface area (Å²) in [5, 5.41) is 7.63. The molecule has 4 heterocycles. The Kier molecular flexibility index (Phi) is 5.61. The first-order valence-corrected chi connectivity index (χ1v) is 11.3. The average Bonchev–Trinajstić information content (AvgIpc) is 3.22. The number of rotatable bonds is 5. The number of benzene rings is 1. The molecule has 0 spiro atoms. The van der Waals surface area contributed by atoms with Gasteiger partial charge in [-0.1, -0.05) is 23.7 Å². The van der Waals surface area contributed by atoms with E-state index in [0.29, 0.717) is 24.0 Å². The summed E-state index contributed by atoms with van der Waals surface area (Å²) in [4.78, 5) is 34.7. The van der Waals surface area contributed by atoms with Gasteiger partial charge < -0.3 is 21.1 Å². The van der Waals surface area contributed by atoms with Crippen LogP contribution < -0.4 is 26.7 Å². The van der Waals surface area contributed by atoms with Crippen LogP contribution in [0.15, 0.2) is 53.7 Å². The zero-order valence-corrected chi connectivity index (χ0v) is 18.8. The topological polar surface area (TPSA) is 124 Å². The highest BCUT2D eigenvalue weighted by molar-refractivity contribution is 7.19. The number of pyridine rings is 1. The third-order valence-electron chi connectivity index (χ3n) is 5.23. The number of carbonyl (C=O) groups is 1. The summed E-state index contributed by atoms with van der Waals surface area (Å²) in [6.07, 6.45) is 3.03. The highest BCUT2D eigenvalue weighted by Crippen LogP contribution is 2.29. The fourth-order valence-electron chi connectivity index (χ4n) is 3.57. The Bertz CT molecular complexity index is 1400. The normalized spacial score (nSPS) is 14.9.